The highest BCUT2D eigenvalue weighted by atomic mass is 16.4. The molecule has 18 heavy (non-hydrogen) atoms. The Labute approximate surface area is 104 Å². The van der Waals surface area contributed by atoms with E-state index in [4.69, 9.17) is 5.11 Å². The number of carboxylic acids is 1. The first-order valence-electron chi connectivity index (χ1n) is 5.38. The van der Waals surface area contributed by atoms with Crippen molar-refractivity contribution in [2.24, 2.45) is 7.05 Å². The second kappa shape index (κ2) is 6.43. The van der Waals surface area contributed by atoms with Crippen LogP contribution in [0.15, 0.2) is 25.0 Å². The minimum absolute atomic E-state index is 0.176. The van der Waals surface area contributed by atoms with Crippen molar-refractivity contribution >= 4 is 12.0 Å². The molecule has 0 radical (unpaired) electrons. The number of aryl methyl sites for hydroxylation is 1. The quantitative estimate of drug-likeness (QED) is 0.632. The molecule has 0 aliphatic heterocycles. The van der Waals surface area contributed by atoms with Crippen LogP contribution in [-0.4, -0.2) is 32.9 Å². The van der Waals surface area contributed by atoms with E-state index in [1.807, 2.05) is 0 Å². The smallest absolute Gasteiger partial charge is 0.326 e. The lowest BCUT2D eigenvalue weighted by molar-refractivity contribution is -0.139. The Morgan fingerprint density at radius 1 is 1.67 bits per heavy atom. The van der Waals surface area contributed by atoms with Gasteiger partial charge in [-0.2, -0.15) is 5.10 Å². The fourth-order valence-electron chi connectivity index (χ4n) is 1.34. The number of nitrogens with one attached hydrogen (secondary N) is 2. The number of hydrogen-bond acceptors (Lipinski definition) is 3. The van der Waals surface area contributed by atoms with Gasteiger partial charge in [-0.25, -0.2) is 9.59 Å². The van der Waals surface area contributed by atoms with E-state index >= 15 is 0 Å². The highest BCUT2D eigenvalue weighted by molar-refractivity contribution is 5.82. The van der Waals surface area contributed by atoms with E-state index in [9.17, 15) is 9.59 Å². The Hall–Kier alpha value is -2.31. The zero-order valence-electron chi connectivity index (χ0n) is 10.1. The molecule has 1 atom stereocenters. The summed E-state index contributed by atoms with van der Waals surface area (Å²) in [5, 5.41) is 17.7. The predicted molar refractivity (Wildman–Crippen MR) is 64.8 cm³/mol. The number of carboxylic acid groups (broad SMARTS) is 1. The predicted octanol–water partition coefficient (Wildman–Crippen LogP) is 0.249. The van der Waals surface area contributed by atoms with Crippen molar-refractivity contribution in [3.05, 3.63) is 30.6 Å². The number of amides is 2. The summed E-state index contributed by atoms with van der Waals surface area (Å²) in [6.45, 7) is 3.73. The van der Waals surface area contributed by atoms with Crippen LogP contribution in [0.4, 0.5) is 4.79 Å². The minimum atomic E-state index is -1.09. The van der Waals surface area contributed by atoms with Crippen molar-refractivity contribution in [1.29, 1.82) is 0 Å². The maximum atomic E-state index is 11.5. The molecule has 0 aliphatic carbocycles. The zero-order chi connectivity index (χ0) is 13.5. The van der Waals surface area contributed by atoms with Crippen LogP contribution in [0.25, 0.3) is 0 Å². The Bertz CT molecular complexity index is 441. The number of nitrogens with zero attached hydrogens (tertiary/aromatic N) is 2. The minimum Gasteiger partial charge on any atom is -0.480 e. The van der Waals surface area contributed by atoms with Crippen LogP contribution < -0.4 is 10.6 Å². The second-order valence-electron chi connectivity index (χ2n) is 3.76. The standard InChI is InChI=1S/C11H16N4O3/c1-3-4-9(10(16)17)14-11(18)12-5-8-6-13-15(2)7-8/h3,6-7,9H,1,4-5H2,2H3,(H,16,17)(H2,12,14,18). The second-order valence-corrected chi connectivity index (χ2v) is 3.76. The lowest BCUT2D eigenvalue weighted by Crippen LogP contribution is -2.45. The molecule has 0 aromatic carbocycles. The molecule has 7 heteroatoms. The fourth-order valence-corrected chi connectivity index (χ4v) is 1.34. The van der Waals surface area contributed by atoms with Crippen LogP contribution in [0.2, 0.25) is 0 Å². The molecule has 0 fully saturated rings. The molecule has 1 rings (SSSR count). The third-order valence-corrected chi connectivity index (χ3v) is 2.22. The van der Waals surface area contributed by atoms with E-state index in [-0.39, 0.29) is 6.42 Å². The van der Waals surface area contributed by atoms with E-state index < -0.39 is 18.0 Å². The molecule has 0 aliphatic rings. The Morgan fingerprint density at radius 2 is 2.39 bits per heavy atom. The molecule has 1 heterocycles. The van der Waals surface area contributed by atoms with Gasteiger partial charge >= 0.3 is 12.0 Å². The number of rotatable bonds is 6. The van der Waals surface area contributed by atoms with Gasteiger partial charge in [0, 0.05) is 25.4 Å². The largest absolute Gasteiger partial charge is 0.480 e. The molecular weight excluding hydrogens is 236 g/mol. The van der Waals surface area contributed by atoms with Crippen LogP contribution in [-0.2, 0) is 18.4 Å². The summed E-state index contributed by atoms with van der Waals surface area (Å²) >= 11 is 0. The van der Waals surface area contributed by atoms with Gasteiger partial charge < -0.3 is 15.7 Å². The molecule has 0 saturated heterocycles. The fraction of sp³-hybridized carbons (Fsp3) is 0.364. The van der Waals surface area contributed by atoms with E-state index in [1.54, 1.807) is 24.1 Å². The van der Waals surface area contributed by atoms with Crippen molar-refractivity contribution in [1.82, 2.24) is 20.4 Å². The molecular formula is C11H16N4O3. The summed E-state index contributed by atoms with van der Waals surface area (Å²) in [6.07, 6.45) is 5.01. The number of aliphatic carboxylic acids is 1. The van der Waals surface area contributed by atoms with Crippen molar-refractivity contribution in [2.45, 2.75) is 19.0 Å². The molecule has 7 nitrogen and oxygen atoms in total. The highest BCUT2D eigenvalue weighted by Crippen LogP contribution is 1.96. The van der Waals surface area contributed by atoms with Crippen LogP contribution in [0.5, 0.6) is 0 Å². The Kier molecular flexibility index (Phi) is 4.91. The average Bonchev–Trinajstić information content (AvgIpc) is 2.72. The van der Waals surface area contributed by atoms with Crippen LogP contribution in [0, 0.1) is 0 Å². The molecule has 0 spiro atoms. The number of aromatic nitrogens is 2. The molecule has 1 aromatic rings. The van der Waals surface area contributed by atoms with Gasteiger partial charge in [-0.3, -0.25) is 4.68 Å². The molecule has 1 unspecified atom stereocenters. The van der Waals surface area contributed by atoms with Gasteiger partial charge in [-0.1, -0.05) is 6.08 Å². The van der Waals surface area contributed by atoms with Crippen molar-refractivity contribution in [3.63, 3.8) is 0 Å². The van der Waals surface area contributed by atoms with Crippen LogP contribution in [0.1, 0.15) is 12.0 Å². The average molecular weight is 252 g/mol. The number of carbonyl (C=O) groups excluding carboxylic acids is 1. The first-order chi connectivity index (χ1) is 8.52. The zero-order valence-corrected chi connectivity index (χ0v) is 10.1. The SMILES string of the molecule is C=CCC(NC(=O)NCc1cnn(C)c1)C(=O)O. The summed E-state index contributed by atoms with van der Waals surface area (Å²) in [6, 6.07) is -1.50. The monoisotopic (exact) mass is 252 g/mol. The normalized spacial score (nSPS) is 11.6. The Balaban J connectivity index is 2.40. The van der Waals surface area contributed by atoms with Gasteiger partial charge in [0.2, 0.25) is 0 Å². The Morgan fingerprint density at radius 3 is 2.89 bits per heavy atom. The summed E-state index contributed by atoms with van der Waals surface area (Å²) in [7, 11) is 1.77. The first kappa shape index (κ1) is 13.8. The third kappa shape index (κ3) is 4.28. The van der Waals surface area contributed by atoms with Crippen molar-refractivity contribution in [3.8, 4) is 0 Å². The van der Waals surface area contributed by atoms with Crippen molar-refractivity contribution < 1.29 is 14.7 Å². The van der Waals surface area contributed by atoms with Gasteiger partial charge in [0.05, 0.1) is 6.20 Å². The van der Waals surface area contributed by atoms with Gasteiger partial charge in [0.1, 0.15) is 6.04 Å². The maximum absolute atomic E-state index is 11.5. The molecule has 0 saturated carbocycles. The highest BCUT2D eigenvalue weighted by Gasteiger charge is 2.17. The first-order valence-corrected chi connectivity index (χ1v) is 5.38. The van der Waals surface area contributed by atoms with Gasteiger partial charge in [-0.05, 0) is 6.42 Å². The van der Waals surface area contributed by atoms with Crippen LogP contribution in [0.3, 0.4) is 0 Å². The molecule has 2 amide bonds. The molecule has 98 valence electrons. The lowest BCUT2D eigenvalue weighted by Gasteiger charge is -2.12. The molecule has 3 N–H and O–H groups in total. The van der Waals surface area contributed by atoms with E-state index in [0.29, 0.717) is 6.54 Å². The topological polar surface area (TPSA) is 96.3 Å². The number of carbonyl (C=O) groups is 2. The maximum Gasteiger partial charge on any atom is 0.326 e. The summed E-state index contributed by atoms with van der Waals surface area (Å²) in [4.78, 5) is 22.3. The van der Waals surface area contributed by atoms with Crippen LogP contribution >= 0.6 is 0 Å². The summed E-state index contributed by atoms with van der Waals surface area (Å²) in [5.74, 6) is -1.09. The molecule has 0 bridgehead atoms. The molecule has 1 aromatic heterocycles. The van der Waals surface area contributed by atoms with E-state index in [0.717, 1.165) is 5.56 Å². The summed E-state index contributed by atoms with van der Waals surface area (Å²) < 4.78 is 1.62. The number of hydrogen-bond donors (Lipinski definition) is 3. The number of urea groups is 1. The summed E-state index contributed by atoms with van der Waals surface area (Å²) in [5.41, 5.74) is 0.836. The van der Waals surface area contributed by atoms with Gasteiger partial charge in [-0.15, -0.1) is 6.58 Å². The van der Waals surface area contributed by atoms with E-state index in [1.165, 1.54) is 6.08 Å². The lowest BCUT2D eigenvalue weighted by atomic mass is 10.2. The third-order valence-electron chi connectivity index (χ3n) is 2.22. The van der Waals surface area contributed by atoms with Crippen molar-refractivity contribution in [2.75, 3.05) is 0 Å². The van der Waals surface area contributed by atoms with E-state index in [2.05, 4.69) is 22.3 Å². The van der Waals surface area contributed by atoms with Gasteiger partial charge in [0.25, 0.3) is 0 Å². The van der Waals surface area contributed by atoms with Gasteiger partial charge in [0.15, 0.2) is 0 Å².